The SMILES string of the molecule is CC=C(OC(c1cccc2ccccc12)c1cccc2ccccc12)[C@H](CCCC)n1cccc1. The van der Waals surface area contributed by atoms with Crippen molar-refractivity contribution in [2.75, 3.05) is 0 Å². The van der Waals surface area contributed by atoms with Crippen LogP contribution in [-0.4, -0.2) is 4.57 Å². The second-order valence-corrected chi connectivity index (χ2v) is 9.11. The summed E-state index contributed by atoms with van der Waals surface area (Å²) in [6.07, 6.45) is 9.59. The number of ether oxygens (including phenoxy) is 1. The van der Waals surface area contributed by atoms with E-state index in [-0.39, 0.29) is 12.1 Å². The Balaban J connectivity index is 1.66. The highest BCUT2D eigenvalue weighted by atomic mass is 16.5. The molecule has 0 fully saturated rings. The van der Waals surface area contributed by atoms with Gasteiger partial charge in [0, 0.05) is 23.5 Å². The number of fused-ring (bicyclic) bond motifs is 2. The Bertz CT molecular complexity index is 1340. The van der Waals surface area contributed by atoms with Crippen LogP contribution in [0.1, 0.15) is 56.4 Å². The van der Waals surface area contributed by atoms with Crippen molar-refractivity contribution in [1.82, 2.24) is 4.57 Å². The average molecular weight is 460 g/mol. The topological polar surface area (TPSA) is 14.2 Å². The highest BCUT2D eigenvalue weighted by Crippen LogP contribution is 2.39. The molecule has 0 aliphatic heterocycles. The predicted molar refractivity (Wildman–Crippen MR) is 148 cm³/mol. The highest BCUT2D eigenvalue weighted by molar-refractivity contribution is 5.89. The van der Waals surface area contributed by atoms with Gasteiger partial charge in [0.2, 0.25) is 0 Å². The first kappa shape index (κ1) is 23.0. The molecule has 0 spiro atoms. The van der Waals surface area contributed by atoms with Crippen molar-refractivity contribution in [2.45, 2.75) is 45.3 Å². The maximum absolute atomic E-state index is 7.11. The van der Waals surface area contributed by atoms with Gasteiger partial charge in [-0.3, -0.25) is 0 Å². The van der Waals surface area contributed by atoms with Crippen molar-refractivity contribution in [3.8, 4) is 0 Å². The Kier molecular flexibility index (Phi) is 6.99. The molecule has 4 aromatic carbocycles. The molecule has 0 saturated heterocycles. The first-order chi connectivity index (χ1) is 17.3. The number of hydrogen-bond donors (Lipinski definition) is 0. The summed E-state index contributed by atoms with van der Waals surface area (Å²) in [5.41, 5.74) is 2.39. The lowest BCUT2D eigenvalue weighted by molar-refractivity contribution is 0.122. The van der Waals surface area contributed by atoms with Gasteiger partial charge in [0.15, 0.2) is 0 Å². The van der Waals surface area contributed by atoms with Crippen LogP contribution in [0.15, 0.2) is 121 Å². The standard InChI is InChI=1S/C33H33NO/c1-3-5-22-31(34-23-10-11-24-34)32(4-2)35-33(29-20-12-16-25-14-6-8-18-27(25)29)30-21-13-17-26-15-7-9-19-28(26)30/h4,6-21,23-24,31,33H,3,5,22H2,1-2H3/t31-/m0/s1. The van der Waals surface area contributed by atoms with E-state index < -0.39 is 0 Å². The maximum atomic E-state index is 7.11. The number of nitrogens with zero attached hydrogens (tertiary/aromatic N) is 1. The largest absolute Gasteiger partial charge is 0.483 e. The molecule has 0 N–H and O–H groups in total. The summed E-state index contributed by atoms with van der Waals surface area (Å²) in [5, 5.41) is 4.92. The minimum absolute atomic E-state index is 0.169. The molecule has 0 unspecified atom stereocenters. The van der Waals surface area contributed by atoms with Gasteiger partial charge >= 0.3 is 0 Å². The molecule has 176 valence electrons. The van der Waals surface area contributed by atoms with Crippen molar-refractivity contribution in [3.05, 3.63) is 132 Å². The van der Waals surface area contributed by atoms with Crippen LogP contribution < -0.4 is 0 Å². The fourth-order valence-electron chi connectivity index (χ4n) is 5.12. The minimum atomic E-state index is -0.224. The van der Waals surface area contributed by atoms with Crippen molar-refractivity contribution in [1.29, 1.82) is 0 Å². The molecular formula is C33H33NO. The van der Waals surface area contributed by atoms with E-state index in [1.54, 1.807) is 0 Å². The average Bonchev–Trinajstić information content (AvgIpc) is 3.45. The number of rotatable bonds is 9. The molecule has 1 heterocycles. The van der Waals surface area contributed by atoms with E-state index in [4.69, 9.17) is 4.74 Å². The monoisotopic (exact) mass is 459 g/mol. The van der Waals surface area contributed by atoms with Gasteiger partial charge in [-0.05, 0) is 53.1 Å². The Hall–Kier alpha value is -3.78. The van der Waals surface area contributed by atoms with Crippen LogP contribution in [0.2, 0.25) is 0 Å². The highest BCUT2D eigenvalue weighted by Gasteiger charge is 2.25. The molecule has 35 heavy (non-hydrogen) atoms. The summed E-state index contributed by atoms with van der Waals surface area (Å²) >= 11 is 0. The smallest absolute Gasteiger partial charge is 0.150 e. The van der Waals surface area contributed by atoms with Crippen LogP contribution >= 0.6 is 0 Å². The molecule has 0 bridgehead atoms. The van der Waals surface area contributed by atoms with E-state index in [0.717, 1.165) is 25.0 Å². The zero-order chi connectivity index (χ0) is 24.0. The number of allylic oxidation sites excluding steroid dienone is 2. The molecule has 1 atom stereocenters. The second kappa shape index (κ2) is 10.7. The first-order valence-electron chi connectivity index (χ1n) is 12.7. The molecule has 0 amide bonds. The number of hydrogen-bond acceptors (Lipinski definition) is 1. The van der Waals surface area contributed by atoms with Crippen LogP contribution in [0.25, 0.3) is 21.5 Å². The molecule has 5 rings (SSSR count). The summed E-state index contributed by atoms with van der Waals surface area (Å²) in [4.78, 5) is 0. The van der Waals surface area contributed by atoms with Crippen LogP contribution in [0.4, 0.5) is 0 Å². The predicted octanol–water partition coefficient (Wildman–Crippen LogP) is 9.24. The second-order valence-electron chi connectivity index (χ2n) is 9.11. The van der Waals surface area contributed by atoms with Crippen molar-refractivity contribution in [2.24, 2.45) is 0 Å². The lowest BCUT2D eigenvalue weighted by atomic mass is 9.92. The van der Waals surface area contributed by atoms with Crippen molar-refractivity contribution < 1.29 is 4.74 Å². The normalized spacial score (nSPS) is 12.9. The van der Waals surface area contributed by atoms with Gasteiger partial charge in [-0.25, -0.2) is 0 Å². The molecule has 2 nitrogen and oxygen atoms in total. The zero-order valence-electron chi connectivity index (χ0n) is 20.6. The van der Waals surface area contributed by atoms with Gasteiger partial charge < -0.3 is 9.30 Å². The van der Waals surface area contributed by atoms with Gasteiger partial charge in [-0.15, -0.1) is 0 Å². The number of unbranched alkanes of at least 4 members (excludes halogenated alkanes) is 1. The van der Waals surface area contributed by atoms with E-state index in [2.05, 4.69) is 134 Å². The van der Waals surface area contributed by atoms with Gasteiger partial charge in [0.1, 0.15) is 11.9 Å². The Morgan fingerprint density at radius 3 is 1.83 bits per heavy atom. The molecule has 0 saturated carbocycles. The lowest BCUT2D eigenvalue weighted by Gasteiger charge is -2.29. The number of benzene rings is 4. The van der Waals surface area contributed by atoms with Gasteiger partial charge in [-0.2, -0.15) is 0 Å². The van der Waals surface area contributed by atoms with Gasteiger partial charge in [0.25, 0.3) is 0 Å². The summed E-state index contributed by atoms with van der Waals surface area (Å²) in [6, 6.07) is 34.7. The fraction of sp³-hybridized carbons (Fsp3) is 0.212. The van der Waals surface area contributed by atoms with E-state index in [9.17, 15) is 0 Å². The number of aromatic nitrogens is 1. The summed E-state index contributed by atoms with van der Waals surface area (Å²) in [5.74, 6) is 1.01. The molecule has 5 aromatic rings. The van der Waals surface area contributed by atoms with E-state index in [1.165, 1.54) is 32.7 Å². The molecule has 0 aliphatic carbocycles. The van der Waals surface area contributed by atoms with E-state index in [0.29, 0.717) is 0 Å². The zero-order valence-corrected chi connectivity index (χ0v) is 20.6. The van der Waals surface area contributed by atoms with E-state index in [1.807, 2.05) is 0 Å². The molecule has 1 aromatic heterocycles. The summed E-state index contributed by atoms with van der Waals surface area (Å²) in [6.45, 7) is 4.35. The Morgan fingerprint density at radius 1 is 0.743 bits per heavy atom. The molecule has 0 radical (unpaired) electrons. The van der Waals surface area contributed by atoms with Crippen LogP contribution in [-0.2, 0) is 4.74 Å². The van der Waals surface area contributed by atoms with Crippen molar-refractivity contribution in [3.63, 3.8) is 0 Å². The molecule has 2 heteroatoms. The Labute approximate surface area is 208 Å². The first-order valence-corrected chi connectivity index (χ1v) is 12.7. The molecule has 0 aliphatic rings. The van der Waals surface area contributed by atoms with Crippen LogP contribution in [0, 0.1) is 0 Å². The quantitative estimate of drug-likeness (QED) is 0.200. The van der Waals surface area contributed by atoms with Gasteiger partial charge in [0.05, 0.1) is 6.04 Å². The third kappa shape index (κ3) is 4.74. The van der Waals surface area contributed by atoms with Gasteiger partial charge in [-0.1, -0.05) is 105 Å². The third-order valence-corrected chi connectivity index (χ3v) is 6.90. The minimum Gasteiger partial charge on any atom is -0.483 e. The maximum Gasteiger partial charge on any atom is 0.150 e. The third-order valence-electron chi connectivity index (χ3n) is 6.90. The summed E-state index contributed by atoms with van der Waals surface area (Å²) < 4.78 is 9.40. The lowest BCUT2D eigenvalue weighted by Crippen LogP contribution is -2.16. The fourth-order valence-corrected chi connectivity index (χ4v) is 5.12. The van der Waals surface area contributed by atoms with E-state index >= 15 is 0 Å². The Morgan fingerprint density at radius 2 is 1.29 bits per heavy atom. The van der Waals surface area contributed by atoms with Crippen LogP contribution in [0.5, 0.6) is 0 Å². The van der Waals surface area contributed by atoms with Crippen LogP contribution in [0.3, 0.4) is 0 Å². The summed E-state index contributed by atoms with van der Waals surface area (Å²) in [7, 11) is 0. The van der Waals surface area contributed by atoms with Crippen molar-refractivity contribution >= 4 is 21.5 Å². The molecular weight excluding hydrogens is 426 g/mol.